The van der Waals surface area contributed by atoms with Crippen LogP contribution in [-0.4, -0.2) is 12.6 Å². The van der Waals surface area contributed by atoms with E-state index in [1.54, 1.807) is 6.92 Å². The molecule has 2 N–H and O–H groups in total. The van der Waals surface area contributed by atoms with E-state index in [1.807, 2.05) is 0 Å². The molecule has 1 atom stereocenters. The Morgan fingerprint density at radius 1 is 1.35 bits per heavy atom. The van der Waals surface area contributed by atoms with Crippen molar-refractivity contribution >= 4 is 18.4 Å². The Morgan fingerprint density at radius 2 is 1.88 bits per heavy atom. The van der Waals surface area contributed by atoms with Crippen molar-refractivity contribution in [3.8, 4) is 0 Å². The molecular weight excluding hydrogens is 252 g/mol. The van der Waals surface area contributed by atoms with Gasteiger partial charge in [-0.25, -0.2) is 8.78 Å². The maximum absolute atomic E-state index is 12.9. The Morgan fingerprint density at radius 3 is 2.35 bits per heavy atom. The van der Waals surface area contributed by atoms with Crippen molar-refractivity contribution < 1.29 is 18.3 Å². The van der Waals surface area contributed by atoms with Crippen LogP contribution in [0.2, 0.25) is 0 Å². The average molecular weight is 266 g/mol. The Balaban J connectivity index is 0.00000256. The predicted octanol–water partition coefficient (Wildman–Crippen LogP) is 2.34. The fourth-order valence-electron chi connectivity index (χ4n) is 1.31. The fourth-order valence-corrected chi connectivity index (χ4v) is 1.31. The van der Waals surface area contributed by atoms with Gasteiger partial charge in [-0.2, -0.15) is 0 Å². The number of halogens is 3. The fraction of sp³-hybridized carbons (Fsp3) is 0.364. The third-order valence-electron chi connectivity index (χ3n) is 2.00. The number of rotatable bonds is 4. The zero-order chi connectivity index (χ0) is 12.1. The maximum atomic E-state index is 12.9. The van der Waals surface area contributed by atoms with Crippen molar-refractivity contribution in [2.24, 2.45) is 5.73 Å². The second-order valence-corrected chi connectivity index (χ2v) is 3.32. The predicted molar refractivity (Wildman–Crippen MR) is 61.8 cm³/mol. The number of carbonyl (C=O) groups is 1. The van der Waals surface area contributed by atoms with Crippen LogP contribution in [0.5, 0.6) is 0 Å². The molecule has 0 aromatic heterocycles. The lowest BCUT2D eigenvalue weighted by Crippen LogP contribution is -2.17. The van der Waals surface area contributed by atoms with E-state index in [0.29, 0.717) is 0 Å². The molecular formula is C11H14ClF2NO2. The minimum atomic E-state index is -0.760. The first-order chi connectivity index (χ1) is 7.52. The summed E-state index contributed by atoms with van der Waals surface area (Å²) >= 11 is 0. The van der Waals surface area contributed by atoms with Crippen molar-refractivity contribution in [2.45, 2.75) is 19.4 Å². The van der Waals surface area contributed by atoms with E-state index in [4.69, 9.17) is 5.73 Å². The van der Waals surface area contributed by atoms with E-state index in [0.717, 1.165) is 18.2 Å². The average Bonchev–Trinajstić information content (AvgIpc) is 2.16. The molecule has 1 rings (SSSR count). The number of hydrogen-bond acceptors (Lipinski definition) is 3. The normalized spacial score (nSPS) is 11.5. The van der Waals surface area contributed by atoms with Crippen molar-refractivity contribution in [1.82, 2.24) is 0 Å². The van der Waals surface area contributed by atoms with Crippen LogP contribution in [-0.2, 0) is 9.53 Å². The summed E-state index contributed by atoms with van der Waals surface area (Å²) in [6.07, 6.45) is -0.100. The molecule has 0 radical (unpaired) electrons. The van der Waals surface area contributed by atoms with Gasteiger partial charge in [0.2, 0.25) is 0 Å². The van der Waals surface area contributed by atoms with Gasteiger partial charge in [-0.05, 0) is 24.6 Å². The standard InChI is InChI=1S/C11H13F2NO2.ClH/c1-2-16-11(15)6-10(14)7-3-8(12)5-9(13)4-7;/h3-5,10H,2,6,14H2,1H3;1H/t10-;/m0./s1. The number of nitrogens with two attached hydrogens (primary N) is 1. The van der Waals surface area contributed by atoms with Crippen molar-refractivity contribution in [1.29, 1.82) is 0 Å². The van der Waals surface area contributed by atoms with E-state index < -0.39 is 23.6 Å². The summed E-state index contributed by atoms with van der Waals surface area (Å²) in [6, 6.07) is 2.20. The van der Waals surface area contributed by atoms with Gasteiger partial charge in [0.25, 0.3) is 0 Å². The molecule has 1 aromatic carbocycles. The Hall–Kier alpha value is -1.20. The highest BCUT2D eigenvalue weighted by Gasteiger charge is 2.14. The molecule has 96 valence electrons. The Kier molecular flexibility index (Phi) is 6.68. The van der Waals surface area contributed by atoms with Crippen LogP contribution in [0, 0.1) is 11.6 Å². The first kappa shape index (κ1) is 15.8. The van der Waals surface area contributed by atoms with Crippen molar-refractivity contribution in [2.75, 3.05) is 6.61 Å². The van der Waals surface area contributed by atoms with E-state index in [-0.39, 0.29) is 31.0 Å². The van der Waals surface area contributed by atoms with Crippen LogP contribution < -0.4 is 5.73 Å². The minimum absolute atomic E-state index is 0. The summed E-state index contributed by atoms with van der Waals surface area (Å²) in [7, 11) is 0. The lowest BCUT2D eigenvalue weighted by Gasteiger charge is -2.11. The van der Waals surface area contributed by atoms with Crippen molar-refractivity contribution in [3.63, 3.8) is 0 Å². The quantitative estimate of drug-likeness (QED) is 0.850. The Bertz CT molecular complexity index is 367. The first-order valence-corrected chi connectivity index (χ1v) is 4.90. The molecule has 3 nitrogen and oxygen atoms in total. The minimum Gasteiger partial charge on any atom is -0.466 e. The lowest BCUT2D eigenvalue weighted by atomic mass is 10.0. The molecule has 0 spiro atoms. The number of hydrogen-bond donors (Lipinski definition) is 1. The summed E-state index contributed by atoms with van der Waals surface area (Å²) in [5.41, 5.74) is 5.87. The molecule has 0 aliphatic carbocycles. The molecule has 1 aromatic rings. The van der Waals surface area contributed by atoms with Crippen LogP contribution in [0.25, 0.3) is 0 Å². The molecule has 0 aliphatic rings. The van der Waals surface area contributed by atoms with Crippen LogP contribution in [0.15, 0.2) is 18.2 Å². The number of ether oxygens (including phenoxy) is 1. The van der Waals surface area contributed by atoms with E-state index in [2.05, 4.69) is 4.74 Å². The van der Waals surface area contributed by atoms with E-state index >= 15 is 0 Å². The van der Waals surface area contributed by atoms with Gasteiger partial charge in [-0.3, -0.25) is 4.79 Å². The summed E-state index contributed by atoms with van der Waals surface area (Å²) in [4.78, 5) is 11.1. The molecule has 17 heavy (non-hydrogen) atoms. The highest BCUT2D eigenvalue weighted by Crippen LogP contribution is 2.17. The summed E-state index contributed by atoms with van der Waals surface area (Å²) in [5, 5.41) is 0. The third-order valence-corrected chi connectivity index (χ3v) is 2.00. The van der Waals surface area contributed by atoms with Gasteiger partial charge in [0.1, 0.15) is 11.6 Å². The van der Waals surface area contributed by atoms with Gasteiger partial charge in [0.05, 0.1) is 13.0 Å². The third kappa shape index (κ3) is 5.10. The second-order valence-electron chi connectivity index (χ2n) is 3.32. The van der Waals surface area contributed by atoms with Gasteiger partial charge in [0.15, 0.2) is 0 Å². The highest BCUT2D eigenvalue weighted by molar-refractivity contribution is 5.85. The summed E-state index contributed by atoms with van der Waals surface area (Å²) < 4.78 is 30.4. The zero-order valence-electron chi connectivity index (χ0n) is 9.28. The Labute approximate surface area is 104 Å². The number of benzene rings is 1. The largest absolute Gasteiger partial charge is 0.466 e. The summed E-state index contributed by atoms with van der Waals surface area (Å²) in [5.74, 6) is -1.91. The number of carbonyl (C=O) groups excluding carboxylic acids is 1. The molecule has 0 bridgehead atoms. The van der Waals surface area contributed by atoms with Crippen molar-refractivity contribution in [3.05, 3.63) is 35.4 Å². The molecule has 6 heteroatoms. The van der Waals surface area contributed by atoms with Crippen LogP contribution in [0.3, 0.4) is 0 Å². The van der Waals surface area contributed by atoms with Gasteiger partial charge in [-0.15, -0.1) is 12.4 Å². The van der Waals surface area contributed by atoms with Gasteiger partial charge >= 0.3 is 5.97 Å². The monoisotopic (exact) mass is 265 g/mol. The molecule has 0 heterocycles. The molecule has 0 amide bonds. The van der Waals surface area contributed by atoms with E-state index in [9.17, 15) is 13.6 Å². The maximum Gasteiger partial charge on any atom is 0.307 e. The zero-order valence-corrected chi connectivity index (χ0v) is 10.1. The molecule has 0 aliphatic heterocycles. The lowest BCUT2D eigenvalue weighted by molar-refractivity contribution is -0.143. The first-order valence-electron chi connectivity index (χ1n) is 4.90. The highest BCUT2D eigenvalue weighted by atomic mass is 35.5. The van der Waals surface area contributed by atoms with E-state index in [1.165, 1.54) is 0 Å². The molecule has 0 fully saturated rings. The van der Waals surface area contributed by atoms with Crippen LogP contribution in [0.4, 0.5) is 8.78 Å². The topological polar surface area (TPSA) is 52.3 Å². The van der Waals surface area contributed by atoms with Gasteiger partial charge < -0.3 is 10.5 Å². The van der Waals surface area contributed by atoms with Gasteiger partial charge in [0, 0.05) is 12.1 Å². The van der Waals surface area contributed by atoms with Gasteiger partial charge in [-0.1, -0.05) is 0 Å². The van der Waals surface area contributed by atoms with Crippen LogP contribution >= 0.6 is 12.4 Å². The SMILES string of the molecule is CCOC(=O)C[C@H](N)c1cc(F)cc(F)c1.Cl. The number of esters is 1. The molecule has 0 unspecified atom stereocenters. The summed E-state index contributed by atoms with van der Waals surface area (Å²) in [6.45, 7) is 1.92. The molecule has 0 saturated carbocycles. The smallest absolute Gasteiger partial charge is 0.307 e. The van der Waals surface area contributed by atoms with Crippen LogP contribution in [0.1, 0.15) is 24.9 Å². The molecule has 0 saturated heterocycles. The second kappa shape index (κ2) is 7.19.